The highest BCUT2D eigenvalue weighted by atomic mass is 14.9. The molecule has 2 rings (SSSR count). The van der Waals surface area contributed by atoms with Crippen LogP contribution in [-0.4, -0.2) is 11.5 Å². The highest BCUT2D eigenvalue weighted by Gasteiger charge is 2.18. The number of hydrogen-bond acceptors (Lipinski definition) is 2. The summed E-state index contributed by atoms with van der Waals surface area (Å²) in [5.74, 6) is 1.80. The summed E-state index contributed by atoms with van der Waals surface area (Å²) >= 11 is 0. The third-order valence-corrected chi connectivity index (χ3v) is 3.89. The van der Waals surface area contributed by atoms with Crippen LogP contribution in [0, 0.1) is 18.8 Å². The largest absolute Gasteiger partial charge is 0.311 e. The van der Waals surface area contributed by atoms with E-state index in [1.165, 1.54) is 36.9 Å². The van der Waals surface area contributed by atoms with Crippen molar-refractivity contribution in [3.05, 3.63) is 29.6 Å². The standard InChI is InChI=1S/C15H24N2/c1-12-5-3-7-14(9-12)10-16-11-15-13(2)6-4-8-17-15/h4,6,8,12,14,16H,3,5,7,9-11H2,1-2H3. The van der Waals surface area contributed by atoms with Crippen LogP contribution in [0.25, 0.3) is 0 Å². The minimum atomic E-state index is 0.878. The lowest BCUT2D eigenvalue weighted by molar-refractivity contribution is 0.274. The predicted molar refractivity (Wildman–Crippen MR) is 71.8 cm³/mol. The highest BCUT2D eigenvalue weighted by Crippen LogP contribution is 2.27. The van der Waals surface area contributed by atoms with E-state index in [0.717, 1.165) is 24.9 Å². The molecular formula is C15H24N2. The molecule has 1 N–H and O–H groups in total. The lowest BCUT2D eigenvalue weighted by atomic mass is 9.82. The Morgan fingerprint density at radius 2 is 2.29 bits per heavy atom. The van der Waals surface area contributed by atoms with Gasteiger partial charge in [0.25, 0.3) is 0 Å². The van der Waals surface area contributed by atoms with Crippen LogP contribution in [0.2, 0.25) is 0 Å². The van der Waals surface area contributed by atoms with Gasteiger partial charge in [-0.1, -0.05) is 25.8 Å². The Morgan fingerprint density at radius 1 is 1.41 bits per heavy atom. The van der Waals surface area contributed by atoms with Gasteiger partial charge in [0, 0.05) is 12.7 Å². The summed E-state index contributed by atoms with van der Waals surface area (Å²) in [5, 5.41) is 3.57. The van der Waals surface area contributed by atoms with Gasteiger partial charge in [0.05, 0.1) is 5.69 Å². The van der Waals surface area contributed by atoms with Crippen LogP contribution in [0.3, 0.4) is 0 Å². The van der Waals surface area contributed by atoms with Crippen LogP contribution < -0.4 is 5.32 Å². The second-order valence-electron chi connectivity index (χ2n) is 5.54. The molecule has 0 saturated heterocycles. The van der Waals surface area contributed by atoms with Gasteiger partial charge in [-0.25, -0.2) is 0 Å². The van der Waals surface area contributed by atoms with Crippen molar-refractivity contribution in [3.63, 3.8) is 0 Å². The molecule has 1 aromatic rings. The van der Waals surface area contributed by atoms with E-state index in [2.05, 4.69) is 30.2 Å². The summed E-state index contributed by atoms with van der Waals surface area (Å²) < 4.78 is 0. The van der Waals surface area contributed by atoms with E-state index in [-0.39, 0.29) is 0 Å². The molecule has 0 bridgehead atoms. The molecule has 0 aliphatic heterocycles. The van der Waals surface area contributed by atoms with E-state index in [9.17, 15) is 0 Å². The molecule has 1 heterocycles. The fourth-order valence-electron chi connectivity index (χ4n) is 2.84. The zero-order valence-corrected chi connectivity index (χ0v) is 11.1. The van der Waals surface area contributed by atoms with Crippen LogP contribution >= 0.6 is 0 Å². The van der Waals surface area contributed by atoms with Crippen LogP contribution in [0.4, 0.5) is 0 Å². The highest BCUT2D eigenvalue weighted by molar-refractivity contribution is 5.17. The molecule has 2 unspecified atom stereocenters. The van der Waals surface area contributed by atoms with E-state index in [0.29, 0.717) is 0 Å². The SMILES string of the molecule is Cc1cccnc1CNCC1CCCC(C)C1. The van der Waals surface area contributed by atoms with E-state index in [1.54, 1.807) is 0 Å². The molecule has 0 aromatic carbocycles. The van der Waals surface area contributed by atoms with Gasteiger partial charge in [-0.05, 0) is 49.8 Å². The number of hydrogen-bond donors (Lipinski definition) is 1. The monoisotopic (exact) mass is 232 g/mol. The lowest BCUT2D eigenvalue weighted by Gasteiger charge is -2.26. The molecule has 1 aliphatic rings. The molecule has 1 aromatic heterocycles. The molecule has 0 spiro atoms. The van der Waals surface area contributed by atoms with E-state index in [4.69, 9.17) is 0 Å². The quantitative estimate of drug-likeness (QED) is 0.861. The molecular weight excluding hydrogens is 208 g/mol. The maximum absolute atomic E-state index is 4.41. The van der Waals surface area contributed by atoms with Crippen molar-refractivity contribution in [1.29, 1.82) is 0 Å². The second kappa shape index (κ2) is 6.15. The Hall–Kier alpha value is -0.890. The first-order chi connectivity index (χ1) is 8.25. The van der Waals surface area contributed by atoms with Crippen LogP contribution in [0.5, 0.6) is 0 Å². The maximum Gasteiger partial charge on any atom is 0.0570 e. The number of aromatic nitrogens is 1. The van der Waals surface area contributed by atoms with Crippen LogP contribution in [-0.2, 0) is 6.54 Å². The fourth-order valence-corrected chi connectivity index (χ4v) is 2.84. The van der Waals surface area contributed by atoms with Crippen molar-refractivity contribution in [3.8, 4) is 0 Å². The molecule has 2 atom stereocenters. The molecule has 17 heavy (non-hydrogen) atoms. The fraction of sp³-hybridized carbons (Fsp3) is 0.667. The number of nitrogens with one attached hydrogen (secondary N) is 1. The molecule has 94 valence electrons. The molecule has 0 amide bonds. The Balaban J connectivity index is 1.74. The van der Waals surface area contributed by atoms with Crippen molar-refractivity contribution in [2.45, 2.75) is 46.1 Å². The summed E-state index contributed by atoms with van der Waals surface area (Å²) in [5.41, 5.74) is 2.48. The molecule has 2 heteroatoms. The van der Waals surface area contributed by atoms with Gasteiger partial charge in [-0.3, -0.25) is 4.98 Å². The molecule has 0 radical (unpaired) electrons. The smallest absolute Gasteiger partial charge is 0.0570 e. The molecule has 1 aliphatic carbocycles. The Kier molecular flexibility index (Phi) is 4.55. The van der Waals surface area contributed by atoms with Gasteiger partial charge in [-0.2, -0.15) is 0 Å². The maximum atomic E-state index is 4.41. The molecule has 1 saturated carbocycles. The number of aryl methyl sites for hydroxylation is 1. The Labute approximate surface area is 105 Å². The average Bonchev–Trinajstić information content (AvgIpc) is 2.32. The first-order valence-electron chi connectivity index (χ1n) is 6.87. The summed E-state index contributed by atoms with van der Waals surface area (Å²) in [6.45, 7) is 6.58. The van der Waals surface area contributed by atoms with Crippen molar-refractivity contribution in [2.75, 3.05) is 6.54 Å². The average molecular weight is 232 g/mol. The van der Waals surface area contributed by atoms with Gasteiger partial charge < -0.3 is 5.32 Å². The van der Waals surface area contributed by atoms with E-state index >= 15 is 0 Å². The van der Waals surface area contributed by atoms with Gasteiger partial charge >= 0.3 is 0 Å². The minimum Gasteiger partial charge on any atom is -0.311 e. The first kappa shape index (κ1) is 12.6. The zero-order chi connectivity index (χ0) is 12.1. The van der Waals surface area contributed by atoms with Crippen molar-refractivity contribution in [2.24, 2.45) is 11.8 Å². The van der Waals surface area contributed by atoms with Gasteiger partial charge in [0.15, 0.2) is 0 Å². The number of pyridine rings is 1. The molecule has 1 fully saturated rings. The third kappa shape index (κ3) is 3.81. The normalized spacial score (nSPS) is 24.8. The minimum absolute atomic E-state index is 0.878. The topological polar surface area (TPSA) is 24.9 Å². The van der Waals surface area contributed by atoms with Gasteiger partial charge in [0.2, 0.25) is 0 Å². The summed E-state index contributed by atoms with van der Waals surface area (Å²) in [4.78, 5) is 4.41. The Bertz CT molecular complexity index is 349. The van der Waals surface area contributed by atoms with Crippen molar-refractivity contribution < 1.29 is 0 Å². The van der Waals surface area contributed by atoms with E-state index < -0.39 is 0 Å². The summed E-state index contributed by atoms with van der Waals surface area (Å²) in [6.07, 6.45) is 7.52. The van der Waals surface area contributed by atoms with Crippen LogP contribution in [0.1, 0.15) is 43.9 Å². The molecule has 2 nitrogen and oxygen atoms in total. The summed E-state index contributed by atoms with van der Waals surface area (Å²) in [6, 6.07) is 4.13. The lowest BCUT2D eigenvalue weighted by Crippen LogP contribution is -2.26. The predicted octanol–water partition coefficient (Wildman–Crippen LogP) is 3.31. The van der Waals surface area contributed by atoms with Gasteiger partial charge in [-0.15, -0.1) is 0 Å². The first-order valence-corrected chi connectivity index (χ1v) is 6.87. The van der Waals surface area contributed by atoms with Crippen LogP contribution in [0.15, 0.2) is 18.3 Å². The Morgan fingerprint density at radius 3 is 3.06 bits per heavy atom. The second-order valence-corrected chi connectivity index (χ2v) is 5.54. The third-order valence-electron chi connectivity index (χ3n) is 3.89. The van der Waals surface area contributed by atoms with E-state index in [1.807, 2.05) is 12.3 Å². The number of nitrogens with zero attached hydrogens (tertiary/aromatic N) is 1. The van der Waals surface area contributed by atoms with Crippen molar-refractivity contribution >= 4 is 0 Å². The zero-order valence-electron chi connectivity index (χ0n) is 11.1. The number of rotatable bonds is 4. The van der Waals surface area contributed by atoms with Gasteiger partial charge in [0.1, 0.15) is 0 Å². The van der Waals surface area contributed by atoms with Crippen molar-refractivity contribution in [1.82, 2.24) is 10.3 Å². The summed E-state index contributed by atoms with van der Waals surface area (Å²) in [7, 11) is 0.